The maximum absolute atomic E-state index is 11.9. The van der Waals surface area contributed by atoms with Crippen LogP contribution in [0.2, 0.25) is 0 Å². The monoisotopic (exact) mass is 273 g/mol. The highest BCUT2D eigenvalue weighted by Gasteiger charge is 2.43. The van der Waals surface area contributed by atoms with Gasteiger partial charge in [0.25, 0.3) is 0 Å². The van der Waals surface area contributed by atoms with Gasteiger partial charge in [0.05, 0.1) is 5.25 Å². The molecule has 0 aliphatic heterocycles. The molecule has 5 heteroatoms. The van der Waals surface area contributed by atoms with E-state index < -0.39 is 11.5 Å². The first-order valence-electron chi connectivity index (χ1n) is 6.53. The predicted octanol–water partition coefficient (Wildman–Crippen LogP) is 2.28. The largest absolute Gasteiger partial charge is 0.480 e. The lowest BCUT2D eigenvalue weighted by Crippen LogP contribution is -2.57. The van der Waals surface area contributed by atoms with Crippen LogP contribution >= 0.6 is 11.8 Å². The van der Waals surface area contributed by atoms with Crippen molar-refractivity contribution >= 4 is 23.6 Å². The van der Waals surface area contributed by atoms with Crippen LogP contribution in [-0.2, 0) is 9.59 Å². The van der Waals surface area contributed by atoms with Crippen molar-refractivity contribution < 1.29 is 14.7 Å². The Hall–Kier alpha value is -0.710. The van der Waals surface area contributed by atoms with Gasteiger partial charge in [0, 0.05) is 0 Å². The molecule has 104 valence electrons. The maximum atomic E-state index is 11.9. The average molecular weight is 273 g/mol. The van der Waals surface area contributed by atoms with Gasteiger partial charge in [0.15, 0.2) is 0 Å². The van der Waals surface area contributed by atoms with E-state index in [9.17, 15) is 14.7 Å². The summed E-state index contributed by atoms with van der Waals surface area (Å²) in [6.45, 7) is 3.93. The van der Waals surface area contributed by atoms with E-state index in [2.05, 4.69) is 12.2 Å². The molecule has 18 heavy (non-hydrogen) atoms. The zero-order valence-electron chi connectivity index (χ0n) is 11.4. The summed E-state index contributed by atoms with van der Waals surface area (Å²) < 4.78 is 0. The molecule has 1 rings (SSSR count). The third kappa shape index (κ3) is 3.40. The Morgan fingerprint density at radius 1 is 1.44 bits per heavy atom. The standard InChI is InChI=1S/C13H23NO3S/c1-4-10-5-7-13(8-6-10,12(16)17)14-11(15)9(2)18-3/h9-10H,4-8H2,1-3H3,(H,14,15)(H,16,17). The second kappa shape index (κ2) is 6.45. The van der Waals surface area contributed by atoms with Crippen LogP contribution in [0.25, 0.3) is 0 Å². The number of hydrogen-bond acceptors (Lipinski definition) is 3. The number of hydrogen-bond donors (Lipinski definition) is 2. The summed E-state index contributed by atoms with van der Waals surface area (Å²) in [7, 11) is 0. The summed E-state index contributed by atoms with van der Waals surface area (Å²) in [4.78, 5) is 23.4. The van der Waals surface area contributed by atoms with Crippen LogP contribution in [0.5, 0.6) is 0 Å². The van der Waals surface area contributed by atoms with Gasteiger partial charge in [-0.15, -0.1) is 0 Å². The van der Waals surface area contributed by atoms with Crippen LogP contribution in [0.4, 0.5) is 0 Å². The van der Waals surface area contributed by atoms with Gasteiger partial charge in [-0.1, -0.05) is 13.3 Å². The molecule has 1 aliphatic rings. The normalized spacial score (nSPS) is 29.6. The summed E-state index contributed by atoms with van der Waals surface area (Å²) in [5.74, 6) is -0.453. The van der Waals surface area contributed by atoms with Crippen molar-refractivity contribution in [2.45, 2.75) is 56.7 Å². The van der Waals surface area contributed by atoms with Crippen molar-refractivity contribution in [3.05, 3.63) is 0 Å². The van der Waals surface area contributed by atoms with Crippen LogP contribution in [0, 0.1) is 5.92 Å². The first-order valence-corrected chi connectivity index (χ1v) is 7.82. The molecule has 0 spiro atoms. The van der Waals surface area contributed by atoms with Crippen LogP contribution < -0.4 is 5.32 Å². The molecule has 0 saturated heterocycles. The number of carboxylic acids is 1. The number of nitrogens with one attached hydrogen (secondary N) is 1. The molecule has 0 aromatic rings. The predicted molar refractivity (Wildman–Crippen MR) is 73.7 cm³/mol. The Kier molecular flexibility index (Phi) is 5.50. The molecule has 1 atom stereocenters. The molecular weight excluding hydrogens is 250 g/mol. The minimum atomic E-state index is -1.03. The third-order valence-electron chi connectivity index (χ3n) is 4.03. The molecule has 0 aromatic carbocycles. The Labute approximate surface area is 113 Å². The lowest BCUT2D eigenvalue weighted by atomic mass is 9.75. The number of carbonyl (C=O) groups is 2. The van der Waals surface area contributed by atoms with E-state index in [1.165, 1.54) is 11.8 Å². The van der Waals surface area contributed by atoms with E-state index in [1.807, 2.05) is 6.26 Å². The Morgan fingerprint density at radius 2 is 2.00 bits per heavy atom. The fraction of sp³-hybridized carbons (Fsp3) is 0.846. The molecule has 2 N–H and O–H groups in total. The van der Waals surface area contributed by atoms with Gasteiger partial charge in [0.1, 0.15) is 5.54 Å². The lowest BCUT2D eigenvalue weighted by molar-refractivity contribution is -0.149. The summed E-state index contributed by atoms with van der Waals surface area (Å²) >= 11 is 1.43. The Morgan fingerprint density at radius 3 is 2.39 bits per heavy atom. The molecule has 0 heterocycles. The molecule has 0 bridgehead atoms. The van der Waals surface area contributed by atoms with Crippen molar-refractivity contribution in [3.8, 4) is 0 Å². The van der Waals surface area contributed by atoms with E-state index in [1.54, 1.807) is 6.92 Å². The smallest absolute Gasteiger partial charge is 0.329 e. The fourth-order valence-corrected chi connectivity index (χ4v) is 2.69. The third-order valence-corrected chi connectivity index (χ3v) is 4.95. The number of amides is 1. The van der Waals surface area contributed by atoms with Gasteiger partial charge in [0.2, 0.25) is 5.91 Å². The van der Waals surface area contributed by atoms with Crippen LogP contribution in [0.1, 0.15) is 46.0 Å². The van der Waals surface area contributed by atoms with Gasteiger partial charge in [-0.3, -0.25) is 4.79 Å². The van der Waals surface area contributed by atoms with Crippen LogP contribution in [0.3, 0.4) is 0 Å². The van der Waals surface area contributed by atoms with Crippen molar-refractivity contribution in [2.24, 2.45) is 5.92 Å². The molecule has 1 fully saturated rings. The van der Waals surface area contributed by atoms with E-state index in [0.717, 1.165) is 19.3 Å². The number of carbonyl (C=O) groups excluding carboxylic acids is 1. The molecule has 4 nitrogen and oxygen atoms in total. The highest BCUT2D eigenvalue weighted by Crippen LogP contribution is 2.34. The maximum Gasteiger partial charge on any atom is 0.329 e. The van der Waals surface area contributed by atoms with E-state index >= 15 is 0 Å². The molecule has 1 amide bonds. The number of rotatable bonds is 5. The Bertz CT molecular complexity index is 311. The van der Waals surface area contributed by atoms with Gasteiger partial charge in [-0.05, 0) is 44.8 Å². The quantitative estimate of drug-likeness (QED) is 0.806. The first kappa shape index (κ1) is 15.3. The van der Waals surface area contributed by atoms with Crippen molar-refractivity contribution in [3.63, 3.8) is 0 Å². The Balaban J connectivity index is 2.71. The van der Waals surface area contributed by atoms with Crippen molar-refractivity contribution in [1.29, 1.82) is 0 Å². The molecule has 1 saturated carbocycles. The highest BCUT2D eigenvalue weighted by atomic mass is 32.2. The summed E-state index contributed by atoms with van der Waals surface area (Å²) in [6, 6.07) is 0. The van der Waals surface area contributed by atoms with Crippen molar-refractivity contribution in [2.75, 3.05) is 6.26 Å². The topological polar surface area (TPSA) is 66.4 Å². The van der Waals surface area contributed by atoms with Gasteiger partial charge in [-0.25, -0.2) is 4.79 Å². The molecule has 0 aromatic heterocycles. The van der Waals surface area contributed by atoms with E-state index in [0.29, 0.717) is 18.8 Å². The summed E-state index contributed by atoms with van der Waals surface area (Å²) in [5, 5.41) is 12.0. The van der Waals surface area contributed by atoms with Gasteiger partial charge >= 0.3 is 5.97 Å². The minimum absolute atomic E-state index is 0.167. The average Bonchev–Trinajstić information content (AvgIpc) is 2.38. The molecule has 1 aliphatic carbocycles. The lowest BCUT2D eigenvalue weighted by Gasteiger charge is -2.37. The number of carboxylic acid groups (broad SMARTS) is 1. The summed E-state index contributed by atoms with van der Waals surface area (Å²) in [6.07, 6.45) is 5.81. The molecular formula is C13H23NO3S. The zero-order valence-corrected chi connectivity index (χ0v) is 12.2. The fourth-order valence-electron chi connectivity index (χ4n) is 2.42. The minimum Gasteiger partial charge on any atom is -0.480 e. The highest BCUT2D eigenvalue weighted by molar-refractivity contribution is 7.99. The first-order chi connectivity index (χ1) is 8.45. The van der Waals surface area contributed by atoms with Crippen LogP contribution in [0.15, 0.2) is 0 Å². The molecule has 0 radical (unpaired) electrons. The summed E-state index contributed by atoms with van der Waals surface area (Å²) in [5.41, 5.74) is -1.03. The number of aliphatic carboxylic acids is 1. The van der Waals surface area contributed by atoms with Gasteiger partial charge < -0.3 is 10.4 Å². The zero-order chi connectivity index (χ0) is 13.8. The van der Waals surface area contributed by atoms with Crippen molar-refractivity contribution in [1.82, 2.24) is 5.32 Å². The second-order valence-corrected chi connectivity index (χ2v) is 6.28. The SMILES string of the molecule is CCC1CCC(NC(=O)C(C)SC)(C(=O)O)CC1. The van der Waals surface area contributed by atoms with Gasteiger partial charge in [-0.2, -0.15) is 11.8 Å². The van der Waals surface area contributed by atoms with E-state index in [4.69, 9.17) is 0 Å². The van der Waals surface area contributed by atoms with Crippen LogP contribution in [-0.4, -0.2) is 34.0 Å². The second-order valence-electron chi connectivity index (χ2n) is 5.11. The number of thioether (sulfide) groups is 1. The van der Waals surface area contributed by atoms with E-state index in [-0.39, 0.29) is 11.2 Å². The molecule has 1 unspecified atom stereocenters.